The van der Waals surface area contributed by atoms with Gasteiger partial charge in [0.2, 0.25) is 0 Å². The molecule has 15 heavy (non-hydrogen) atoms. The minimum Gasteiger partial charge on any atom is -0.298 e. The van der Waals surface area contributed by atoms with Gasteiger partial charge in [-0.05, 0) is 25.2 Å². The molecule has 0 heterocycles. The third-order valence-electron chi connectivity index (χ3n) is 3.49. The lowest BCUT2D eigenvalue weighted by Crippen LogP contribution is -2.25. The molecule has 0 aromatic heterocycles. The largest absolute Gasteiger partial charge is 0.298 e. The first-order valence-corrected chi connectivity index (χ1v) is 6.19. The van der Waals surface area contributed by atoms with Crippen LogP contribution in [0.1, 0.15) is 58.3 Å². The first-order chi connectivity index (χ1) is 7.29. The average Bonchev–Trinajstić information content (AvgIpc) is 2.27. The van der Waals surface area contributed by atoms with E-state index in [-0.39, 0.29) is 18.1 Å². The highest BCUT2D eigenvalue weighted by Crippen LogP contribution is 2.33. The second-order valence-electron chi connectivity index (χ2n) is 4.59. The van der Waals surface area contributed by atoms with Gasteiger partial charge in [-0.15, -0.1) is 0 Å². The minimum atomic E-state index is 0.112. The summed E-state index contributed by atoms with van der Waals surface area (Å²) >= 11 is 0. The molecular weight excluding hydrogens is 186 g/mol. The van der Waals surface area contributed by atoms with Crippen LogP contribution in [0.2, 0.25) is 0 Å². The summed E-state index contributed by atoms with van der Waals surface area (Å²) in [6.07, 6.45) is 8.39. The average molecular weight is 207 g/mol. The van der Waals surface area contributed by atoms with Crippen molar-refractivity contribution in [2.45, 2.75) is 58.3 Å². The fourth-order valence-electron chi connectivity index (χ4n) is 2.72. The summed E-state index contributed by atoms with van der Waals surface area (Å²) in [4.78, 5) is 11.8. The first kappa shape index (κ1) is 12.2. The molecule has 0 aromatic carbocycles. The molecule has 0 saturated heterocycles. The van der Waals surface area contributed by atoms with Gasteiger partial charge in [-0.1, -0.05) is 32.6 Å². The van der Waals surface area contributed by atoms with Crippen molar-refractivity contribution >= 4 is 5.78 Å². The van der Waals surface area contributed by atoms with E-state index >= 15 is 0 Å². The molecule has 0 spiro atoms. The van der Waals surface area contributed by atoms with Gasteiger partial charge in [0.15, 0.2) is 0 Å². The summed E-state index contributed by atoms with van der Waals surface area (Å²) < 4.78 is 0. The number of carbonyl (C=O) groups is 1. The summed E-state index contributed by atoms with van der Waals surface area (Å²) in [5.41, 5.74) is 0. The smallest absolute Gasteiger partial charge is 0.150 e. The molecular formula is C13H21NO. The van der Waals surface area contributed by atoms with E-state index in [4.69, 9.17) is 5.26 Å². The zero-order chi connectivity index (χ0) is 11.1. The van der Waals surface area contributed by atoms with Crippen LogP contribution < -0.4 is 0 Å². The Morgan fingerprint density at radius 1 is 1.40 bits per heavy atom. The highest BCUT2D eigenvalue weighted by molar-refractivity contribution is 5.83. The summed E-state index contributed by atoms with van der Waals surface area (Å²) in [6.45, 7) is 2.12. The number of rotatable bonds is 5. The molecule has 84 valence electrons. The van der Waals surface area contributed by atoms with E-state index in [2.05, 4.69) is 6.92 Å². The van der Waals surface area contributed by atoms with Crippen LogP contribution in [0.5, 0.6) is 0 Å². The predicted molar refractivity (Wildman–Crippen MR) is 60.2 cm³/mol. The summed E-state index contributed by atoms with van der Waals surface area (Å²) in [7, 11) is 0. The van der Waals surface area contributed by atoms with Crippen molar-refractivity contribution in [3.8, 4) is 6.07 Å². The molecule has 0 bridgehead atoms. The molecule has 1 aliphatic carbocycles. The molecule has 0 amide bonds. The van der Waals surface area contributed by atoms with Gasteiger partial charge >= 0.3 is 0 Å². The monoisotopic (exact) mass is 207 g/mol. The van der Waals surface area contributed by atoms with Crippen molar-refractivity contribution in [3.05, 3.63) is 0 Å². The molecule has 0 aliphatic heterocycles. The molecule has 1 rings (SSSR count). The van der Waals surface area contributed by atoms with Crippen LogP contribution in [0.4, 0.5) is 0 Å². The molecule has 1 saturated carbocycles. The number of carbonyl (C=O) groups excluding carboxylic acids is 1. The Morgan fingerprint density at radius 3 is 2.60 bits per heavy atom. The van der Waals surface area contributed by atoms with Gasteiger partial charge in [0.05, 0.1) is 12.5 Å². The van der Waals surface area contributed by atoms with Gasteiger partial charge in [0.25, 0.3) is 0 Å². The number of ketones is 1. The maximum Gasteiger partial charge on any atom is 0.150 e. The summed E-state index contributed by atoms with van der Waals surface area (Å²) in [5, 5.41) is 8.58. The Labute approximate surface area is 92.7 Å². The van der Waals surface area contributed by atoms with Gasteiger partial charge < -0.3 is 0 Å². The quantitative estimate of drug-likeness (QED) is 0.692. The molecule has 1 aliphatic rings. The van der Waals surface area contributed by atoms with E-state index < -0.39 is 0 Å². The maximum atomic E-state index is 11.8. The van der Waals surface area contributed by atoms with E-state index in [1.165, 1.54) is 32.1 Å². The highest BCUT2D eigenvalue weighted by Gasteiger charge is 2.27. The van der Waals surface area contributed by atoms with Crippen LogP contribution in [0.25, 0.3) is 0 Å². The van der Waals surface area contributed by atoms with Crippen LogP contribution in [-0.4, -0.2) is 5.78 Å². The Hall–Kier alpha value is -0.840. The molecule has 1 atom stereocenters. The summed E-state index contributed by atoms with van der Waals surface area (Å²) in [6, 6.07) is 2.00. The molecule has 2 heteroatoms. The predicted octanol–water partition coefficient (Wildman–Crippen LogP) is 3.47. The van der Waals surface area contributed by atoms with Crippen molar-refractivity contribution in [2.24, 2.45) is 11.8 Å². The summed E-state index contributed by atoms with van der Waals surface area (Å²) in [5.74, 6) is 0.931. The lowest BCUT2D eigenvalue weighted by molar-refractivity contribution is -0.124. The molecule has 0 aromatic rings. The number of hydrogen-bond acceptors (Lipinski definition) is 2. The first-order valence-electron chi connectivity index (χ1n) is 6.19. The standard InChI is InChI=1S/C13H21NO/c1-2-6-12(13(15)9-10-14)11-7-4-3-5-8-11/h11-12H,2-9H2,1H3/t12-/m1/s1. The van der Waals surface area contributed by atoms with Crippen LogP contribution in [0, 0.1) is 23.2 Å². The Kier molecular flexibility index (Phi) is 5.39. The van der Waals surface area contributed by atoms with Gasteiger partial charge in [0.1, 0.15) is 5.78 Å². The third-order valence-corrected chi connectivity index (χ3v) is 3.49. The van der Waals surface area contributed by atoms with Crippen LogP contribution >= 0.6 is 0 Å². The van der Waals surface area contributed by atoms with E-state index in [1.54, 1.807) is 0 Å². The fraction of sp³-hybridized carbons (Fsp3) is 0.846. The SMILES string of the molecule is CCC[C@@H](C(=O)CC#N)C1CCCCC1. The number of Topliss-reactive ketones (excluding diaryl/α,β-unsaturated/α-hetero) is 1. The Morgan fingerprint density at radius 2 is 2.07 bits per heavy atom. The molecule has 0 unspecified atom stereocenters. The molecule has 1 fully saturated rings. The Balaban J connectivity index is 2.55. The third kappa shape index (κ3) is 3.66. The number of nitrogens with zero attached hydrogens (tertiary/aromatic N) is 1. The van der Waals surface area contributed by atoms with Crippen molar-refractivity contribution in [1.82, 2.24) is 0 Å². The van der Waals surface area contributed by atoms with Crippen molar-refractivity contribution in [1.29, 1.82) is 5.26 Å². The van der Waals surface area contributed by atoms with Gasteiger partial charge in [0, 0.05) is 5.92 Å². The van der Waals surface area contributed by atoms with E-state index in [0.29, 0.717) is 5.92 Å². The van der Waals surface area contributed by atoms with E-state index in [1.807, 2.05) is 6.07 Å². The normalized spacial score (nSPS) is 19.5. The van der Waals surface area contributed by atoms with Crippen molar-refractivity contribution in [3.63, 3.8) is 0 Å². The van der Waals surface area contributed by atoms with Crippen LogP contribution in [0.15, 0.2) is 0 Å². The van der Waals surface area contributed by atoms with Gasteiger partial charge in [-0.3, -0.25) is 4.79 Å². The number of hydrogen-bond donors (Lipinski definition) is 0. The van der Waals surface area contributed by atoms with Gasteiger partial charge in [-0.25, -0.2) is 0 Å². The fourth-order valence-corrected chi connectivity index (χ4v) is 2.72. The zero-order valence-electron chi connectivity index (χ0n) is 9.67. The van der Waals surface area contributed by atoms with E-state index in [0.717, 1.165) is 12.8 Å². The lowest BCUT2D eigenvalue weighted by Gasteiger charge is -2.28. The zero-order valence-corrected chi connectivity index (χ0v) is 9.67. The molecule has 2 nitrogen and oxygen atoms in total. The lowest BCUT2D eigenvalue weighted by atomic mass is 9.75. The molecule has 0 N–H and O–H groups in total. The van der Waals surface area contributed by atoms with Crippen LogP contribution in [-0.2, 0) is 4.79 Å². The minimum absolute atomic E-state index is 0.112. The second kappa shape index (κ2) is 6.61. The van der Waals surface area contributed by atoms with Crippen molar-refractivity contribution < 1.29 is 4.79 Å². The Bertz CT molecular complexity index is 235. The topological polar surface area (TPSA) is 40.9 Å². The van der Waals surface area contributed by atoms with Crippen LogP contribution in [0.3, 0.4) is 0 Å². The molecule has 0 radical (unpaired) electrons. The number of nitriles is 1. The maximum absolute atomic E-state index is 11.8. The highest BCUT2D eigenvalue weighted by atomic mass is 16.1. The second-order valence-corrected chi connectivity index (χ2v) is 4.59. The van der Waals surface area contributed by atoms with Gasteiger partial charge in [-0.2, -0.15) is 5.26 Å². The van der Waals surface area contributed by atoms with E-state index in [9.17, 15) is 4.79 Å². The van der Waals surface area contributed by atoms with Crippen molar-refractivity contribution in [2.75, 3.05) is 0 Å².